The fourth-order valence-electron chi connectivity index (χ4n) is 4.89. The molecule has 2 aromatic rings. The number of rotatable bonds is 6. The number of piperidine rings is 1. The summed E-state index contributed by atoms with van der Waals surface area (Å²) in [6, 6.07) is 5.44. The van der Waals surface area contributed by atoms with E-state index in [0.29, 0.717) is 6.04 Å². The smallest absolute Gasteiger partial charge is 0.137 e. The van der Waals surface area contributed by atoms with E-state index in [1.165, 1.54) is 45.3 Å². The molecule has 6 nitrogen and oxygen atoms in total. The van der Waals surface area contributed by atoms with Crippen LogP contribution in [0.4, 0.5) is 0 Å². The predicted molar refractivity (Wildman–Crippen MR) is 93.7 cm³/mol. The Balaban J connectivity index is 1.27. The summed E-state index contributed by atoms with van der Waals surface area (Å²) >= 11 is 0. The van der Waals surface area contributed by atoms with E-state index >= 15 is 0 Å². The fraction of sp³-hybridized carbons (Fsp3) is 0.684. The van der Waals surface area contributed by atoms with E-state index in [0.717, 1.165) is 36.7 Å². The van der Waals surface area contributed by atoms with Gasteiger partial charge in [0.1, 0.15) is 18.4 Å². The van der Waals surface area contributed by atoms with Crippen LogP contribution in [0, 0.1) is 11.8 Å². The summed E-state index contributed by atoms with van der Waals surface area (Å²) in [7, 11) is 0. The summed E-state index contributed by atoms with van der Waals surface area (Å²) in [5, 5.41) is 4.35. The van der Waals surface area contributed by atoms with Crippen LogP contribution in [-0.2, 0) is 13.1 Å². The second-order valence-corrected chi connectivity index (χ2v) is 8.08. The molecule has 2 aromatic heterocycles. The minimum atomic E-state index is 0.612. The van der Waals surface area contributed by atoms with E-state index in [1.54, 1.807) is 12.6 Å². The predicted octanol–water partition coefficient (Wildman–Crippen LogP) is 2.25. The molecule has 5 rings (SSSR count). The molecular formula is C19H27N5O. The maximum absolute atomic E-state index is 5.55. The topological polar surface area (TPSA) is 50.3 Å². The second kappa shape index (κ2) is 6.57. The van der Waals surface area contributed by atoms with Crippen LogP contribution in [0.15, 0.2) is 35.5 Å². The Morgan fingerprint density at radius 3 is 2.92 bits per heavy atom. The van der Waals surface area contributed by atoms with Gasteiger partial charge in [0.15, 0.2) is 0 Å². The van der Waals surface area contributed by atoms with Gasteiger partial charge in [-0.25, -0.2) is 4.98 Å². The zero-order valence-corrected chi connectivity index (χ0v) is 14.7. The van der Waals surface area contributed by atoms with Crippen molar-refractivity contribution in [2.75, 3.05) is 19.6 Å². The maximum atomic E-state index is 5.55. The van der Waals surface area contributed by atoms with Crippen molar-refractivity contribution in [3.63, 3.8) is 0 Å². The molecule has 0 bridgehead atoms. The van der Waals surface area contributed by atoms with Crippen LogP contribution in [0.3, 0.4) is 0 Å². The first-order chi connectivity index (χ1) is 12.3. The first kappa shape index (κ1) is 15.6. The molecule has 0 N–H and O–H groups in total. The number of aromatic nitrogens is 3. The molecule has 0 unspecified atom stereocenters. The van der Waals surface area contributed by atoms with Gasteiger partial charge < -0.3 is 4.42 Å². The largest absolute Gasteiger partial charge is 0.468 e. The SMILES string of the molecule is c1coc(CN2CC[C@@H]3[C@@H](C[C@H](Cn4cncn4)N3CC3CC3)C2)c1. The summed E-state index contributed by atoms with van der Waals surface area (Å²) in [6.45, 7) is 5.60. The van der Waals surface area contributed by atoms with Crippen LogP contribution < -0.4 is 0 Å². The number of nitrogens with zero attached hydrogens (tertiary/aromatic N) is 5. The van der Waals surface area contributed by atoms with Gasteiger partial charge in [0.05, 0.1) is 19.4 Å². The van der Waals surface area contributed by atoms with Crippen molar-refractivity contribution in [1.82, 2.24) is 24.6 Å². The number of hydrogen-bond acceptors (Lipinski definition) is 5. The molecule has 3 fully saturated rings. The van der Waals surface area contributed by atoms with E-state index in [1.807, 2.05) is 17.1 Å². The molecule has 0 radical (unpaired) electrons. The standard InChI is InChI=1S/C19H27N5O/c1-2-18(25-7-1)12-22-6-5-19-16(10-22)8-17(11-23-14-20-13-21-23)24(19)9-15-3-4-15/h1-2,7,13-17,19H,3-6,8-12H2/t16-,17+,19+/m0/s1. The zero-order chi connectivity index (χ0) is 16.6. The van der Waals surface area contributed by atoms with E-state index in [2.05, 4.69) is 25.9 Å². The monoisotopic (exact) mass is 341 g/mol. The molecule has 2 saturated heterocycles. The van der Waals surface area contributed by atoms with Crippen molar-refractivity contribution in [2.45, 2.75) is 50.9 Å². The first-order valence-electron chi connectivity index (χ1n) is 9.68. The van der Waals surface area contributed by atoms with Crippen molar-refractivity contribution in [3.05, 3.63) is 36.8 Å². The third-order valence-corrected chi connectivity index (χ3v) is 6.24. The van der Waals surface area contributed by atoms with E-state index in [4.69, 9.17) is 4.42 Å². The van der Waals surface area contributed by atoms with Crippen LogP contribution in [0.25, 0.3) is 0 Å². The highest BCUT2D eigenvalue weighted by atomic mass is 16.3. The Kier molecular flexibility index (Phi) is 4.10. The van der Waals surface area contributed by atoms with Crippen LogP contribution in [0.1, 0.15) is 31.4 Å². The number of likely N-dealkylation sites (tertiary alicyclic amines) is 2. The molecule has 0 spiro atoms. The third kappa shape index (κ3) is 3.37. The van der Waals surface area contributed by atoms with Gasteiger partial charge in [0.2, 0.25) is 0 Å². The van der Waals surface area contributed by atoms with Gasteiger partial charge in [-0.1, -0.05) is 0 Å². The van der Waals surface area contributed by atoms with Gasteiger partial charge in [-0.15, -0.1) is 0 Å². The molecule has 4 heterocycles. The molecule has 6 heteroatoms. The minimum Gasteiger partial charge on any atom is -0.468 e. The zero-order valence-electron chi connectivity index (χ0n) is 14.7. The van der Waals surface area contributed by atoms with Gasteiger partial charge in [-0.3, -0.25) is 14.5 Å². The molecule has 3 aliphatic rings. The van der Waals surface area contributed by atoms with Crippen molar-refractivity contribution >= 4 is 0 Å². The Morgan fingerprint density at radius 1 is 1.20 bits per heavy atom. The molecule has 1 aliphatic carbocycles. The van der Waals surface area contributed by atoms with Crippen LogP contribution in [-0.4, -0.2) is 56.3 Å². The third-order valence-electron chi connectivity index (χ3n) is 6.24. The van der Waals surface area contributed by atoms with Gasteiger partial charge in [0.25, 0.3) is 0 Å². The molecule has 25 heavy (non-hydrogen) atoms. The minimum absolute atomic E-state index is 0.612. The summed E-state index contributed by atoms with van der Waals surface area (Å²) in [6.07, 6.45) is 10.7. The Labute approximate surface area is 148 Å². The van der Waals surface area contributed by atoms with E-state index in [-0.39, 0.29) is 0 Å². The van der Waals surface area contributed by atoms with Crippen LogP contribution >= 0.6 is 0 Å². The molecule has 134 valence electrons. The summed E-state index contributed by atoms with van der Waals surface area (Å²) in [5.41, 5.74) is 0. The van der Waals surface area contributed by atoms with E-state index in [9.17, 15) is 0 Å². The van der Waals surface area contributed by atoms with Crippen molar-refractivity contribution in [3.8, 4) is 0 Å². The molecule has 2 aliphatic heterocycles. The van der Waals surface area contributed by atoms with Crippen molar-refractivity contribution < 1.29 is 4.42 Å². The van der Waals surface area contributed by atoms with Gasteiger partial charge in [-0.2, -0.15) is 5.10 Å². The molecule has 0 amide bonds. The highest BCUT2D eigenvalue weighted by molar-refractivity contribution is 5.02. The molecule has 1 saturated carbocycles. The number of furan rings is 1. The van der Waals surface area contributed by atoms with Gasteiger partial charge >= 0.3 is 0 Å². The summed E-state index contributed by atoms with van der Waals surface area (Å²) < 4.78 is 7.57. The molecule has 3 atom stereocenters. The van der Waals surface area contributed by atoms with Crippen molar-refractivity contribution in [2.24, 2.45) is 11.8 Å². The normalized spacial score (nSPS) is 30.6. The van der Waals surface area contributed by atoms with Gasteiger partial charge in [-0.05, 0) is 49.7 Å². The Bertz CT molecular complexity index is 666. The summed E-state index contributed by atoms with van der Waals surface area (Å²) in [5.74, 6) is 2.81. The highest BCUT2D eigenvalue weighted by Gasteiger charge is 2.45. The first-order valence-corrected chi connectivity index (χ1v) is 9.68. The lowest BCUT2D eigenvalue weighted by atomic mass is 9.92. The molecule has 0 aromatic carbocycles. The van der Waals surface area contributed by atoms with Crippen LogP contribution in [0.5, 0.6) is 0 Å². The highest BCUT2D eigenvalue weighted by Crippen LogP contribution is 2.40. The fourth-order valence-corrected chi connectivity index (χ4v) is 4.89. The molecular weight excluding hydrogens is 314 g/mol. The lowest BCUT2D eigenvalue weighted by Gasteiger charge is -2.38. The maximum Gasteiger partial charge on any atom is 0.137 e. The Morgan fingerprint density at radius 2 is 2.16 bits per heavy atom. The second-order valence-electron chi connectivity index (χ2n) is 8.08. The van der Waals surface area contributed by atoms with Crippen LogP contribution in [0.2, 0.25) is 0 Å². The number of fused-ring (bicyclic) bond motifs is 1. The quantitative estimate of drug-likeness (QED) is 0.806. The summed E-state index contributed by atoms with van der Waals surface area (Å²) in [4.78, 5) is 9.53. The van der Waals surface area contributed by atoms with Gasteiger partial charge in [0, 0.05) is 31.7 Å². The average molecular weight is 341 g/mol. The average Bonchev–Trinajstić information content (AvgIpc) is 3.01. The lowest BCUT2D eigenvalue weighted by Crippen LogP contribution is -2.47. The number of hydrogen-bond donors (Lipinski definition) is 0. The van der Waals surface area contributed by atoms with E-state index < -0.39 is 0 Å². The Hall–Kier alpha value is -1.66. The lowest BCUT2D eigenvalue weighted by molar-refractivity contribution is 0.0859. The van der Waals surface area contributed by atoms with Crippen molar-refractivity contribution in [1.29, 1.82) is 0 Å².